The van der Waals surface area contributed by atoms with Crippen LogP contribution >= 0.6 is 11.7 Å². The molecule has 150 valence electrons. The number of ether oxygens (including phenoxy) is 1. The molecule has 1 N–H and O–H groups in total. The molecule has 10 heteroatoms. The fourth-order valence-electron chi connectivity index (χ4n) is 2.83. The Kier molecular flexibility index (Phi) is 5.84. The third-order valence-electron chi connectivity index (χ3n) is 4.31. The van der Waals surface area contributed by atoms with Crippen LogP contribution in [-0.4, -0.2) is 39.9 Å². The first-order chi connectivity index (χ1) is 14.1. The van der Waals surface area contributed by atoms with E-state index in [0.717, 1.165) is 29.6 Å². The second-order valence-corrected chi connectivity index (χ2v) is 8.57. The zero-order chi connectivity index (χ0) is 20.1. The Bertz CT molecular complexity index is 1170. The predicted molar refractivity (Wildman–Crippen MR) is 111 cm³/mol. The number of hydrogen-bond acceptors (Lipinski definition) is 7. The summed E-state index contributed by atoms with van der Waals surface area (Å²) in [7, 11) is -3.62. The number of benzene rings is 2. The van der Waals surface area contributed by atoms with E-state index in [9.17, 15) is 8.42 Å². The Morgan fingerprint density at radius 2 is 1.93 bits per heavy atom. The van der Waals surface area contributed by atoms with Gasteiger partial charge in [-0.25, -0.2) is 18.1 Å². The van der Waals surface area contributed by atoms with Gasteiger partial charge in [0.1, 0.15) is 21.7 Å². The lowest BCUT2D eigenvalue weighted by atomic mass is 10.3. The Morgan fingerprint density at radius 3 is 2.72 bits per heavy atom. The van der Waals surface area contributed by atoms with Gasteiger partial charge < -0.3 is 9.30 Å². The van der Waals surface area contributed by atoms with Gasteiger partial charge in [0.05, 0.1) is 24.7 Å². The third kappa shape index (κ3) is 4.61. The Morgan fingerprint density at radius 1 is 1.07 bits per heavy atom. The highest BCUT2D eigenvalue weighted by atomic mass is 32.2. The van der Waals surface area contributed by atoms with Crippen LogP contribution in [0.3, 0.4) is 0 Å². The van der Waals surface area contributed by atoms with Crippen LogP contribution < -0.4 is 9.46 Å². The number of fused-ring (bicyclic) bond motifs is 1. The van der Waals surface area contributed by atoms with Gasteiger partial charge in [0.2, 0.25) is 10.0 Å². The maximum atomic E-state index is 12.5. The van der Waals surface area contributed by atoms with Crippen LogP contribution in [0.15, 0.2) is 66.1 Å². The van der Waals surface area contributed by atoms with Crippen molar-refractivity contribution < 1.29 is 13.2 Å². The highest BCUT2D eigenvalue weighted by Crippen LogP contribution is 2.21. The molecule has 0 saturated carbocycles. The van der Waals surface area contributed by atoms with Gasteiger partial charge in [-0.15, -0.1) is 0 Å². The van der Waals surface area contributed by atoms with E-state index >= 15 is 0 Å². The average molecular weight is 430 g/mol. The third-order valence-corrected chi connectivity index (χ3v) is 6.34. The molecule has 0 fully saturated rings. The molecular weight excluding hydrogens is 410 g/mol. The Hall–Kier alpha value is -2.82. The standard InChI is InChI=1S/C19H19N5O3S2/c25-29(26,18-5-3-4-17-19(18)23-28-22-17)21-10-1-2-13-27-16-8-6-15(7-9-16)24-12-11-20-14-24/h3-9,11-12,14,21H,1-2,10,13H2. The summed E-state index contributed by atoms with van der Waals surface area (Å²) in [4.78, 5) is 4.19. The van der Waals surface area contributed by atoms with Gasteiger partial charge in [-0.2, -0.15) is 8.75 Å². The summed E-state index contributed by atoms with van der Waals surface area (Å²) in [5.74, 6) is 0.775. The van der Waals surface area contributed by atoms with Crippen molar-refractivity contribution >= 4 is 32.8 Å². The molecule has 0 amide bonds. The maximum absolute atomic E-state index is 12.5. The topological polar surface area (TPSA) is 99.0 Å². The van der Waals surface area contributed by atoms with Crippen LogP contribution in [0.25, 0.3) is 16.7 Å². The molecule has 0 atom stereocenters. The van der Waals surface area contributed by atoms with E-state index in [-0.39, 0.29) is 4.90 Å². The summed E-state index contributed by atoms with van der Waals surface area (Å²) in [6.45, 7) is 0.844. The van der Waals surface area contributed by atoms with Crippen molar-refractivity contribution in [2.24, 2.45) is 0 Å². The SMILES string of the molecule is O=S(=O)(NCCCCOc1ccc(-n2ccnc2)cc1)c1cccc2nsnc12. The minimum absolute atomic E-state index is 0.165. The molecule has 0 unspecified atom stereocenters. The normalized spacial score (nSPS) is 11.7. The summed E-state index contributed by atoms with van der Waals surface area (Å²) in [5.41, 5.74) is 2.01. The molecule has 2 heterocycles. The van der Waals surface area contributed by atoms with Gasteiger partial charge in [-0.1, -0.05) is 6.07 Å². The number of aromatic nitrogens is 4. The number of sulfonamides is 1. The fraction of sp³-hybridized carbons (Fsp3) is 0.211. The van der Waals surface area contributed by atoms with Crippen molar-refractivity contribution in [2.75, 3.05) is 13.2 Å². The highest BCUT2D eigenvalue weighted by Gasteiger charge is 2.18. The molecule has 4 aromatic rings. The first kappa shape index (κ1) is 19.5. The van der Waals surface area contributed by atoms with E-state index < -0.39 is 10.0 Å². The van der Waals surface area contributed by atoms with Crippen molar-refractivity contribution in [3.05, 3.63) is 61.2 Å². The maximum Gasteiger partial charge on any atom is 0.242 e. The quantitative estimate of drug-likeness (QED) is 0.411. The molecule has 0 bridgehead atoms. The van der Waals surface area contributed by atoms with Gasteiger partial charge in [-0.05, 0) is 49.2 Å². The van der Waals surface area contributed by atoms with E-state index in [2.05, 4.69) is 18.5 Å². The molecular formula is C19H19N5O3S2. The second kappa shape index (κ2) is 8.68. The van der Waals surface area contributed by atoms with E-state index in [0.29, 0.717) is 30.6 Å². The van der Waals surface area contributed by atoms with Crippen LogP contribution in [-0.2, 0) is 10.0 Å². The van der Waals surface area contributed by atoms with E-state index in [1.807, 2.05) is 35.0 Å². The summed E-state index contributed by atoms with van der Waals surface area (Å²) in [5, 5.41) is 0. The zero-order valence-electron chi connectivity index (χ0n) is 15.4. The molecule has 0 saturated heterocycles. The fourth-order valence-corrected chi connectivity index (χ4v) is 4.66. The van der Waals surface area contributed by atoms with Gasteiger partial charge in [-0.3, -0.25) is 0 Å². The van der Waals surface area contributed by atoms with E-state index in [1.165, 1.54) is 0 Å². The van der Waals surface area contributed by atoms with Crippen LogP contribution in [0.5, 0.6) is 5.75 Å². The lowest BCUT2D eigenvalue weighted by Crippen LogP contribution is -2.25. The summed E-state index contributed by atoms with van der Waals surface area (Å²) in [6.07, 6.45) is 6.74. The van der Waals surface area contributed by atoms with Crippen LogP contribution in [0, 0.1) is 0 Å². The first-order valence-electron chi connectivity index (χ1n) is 9.06. The molecule has 0 aliphatic carbocycles. The number of rotatable bonds is 9. The largest absolute Gasteiger partial charge is 0.494 e. The monoisotopic (exact) mass is 429 g/mol. The van der Waals surface area contributed by atoms with Crippen molar-refractivity contribution in [2.45, 2.75) is 17.7 Å². The molecule has 2 aromatic carbocycles. The second-order valence-electron chi connectivity index (χ2n) is 6.31. The van der Waals surface area contributed by atoms with Crippen LogP contribution in [0.1, 0.15) is 12.8 Å². The zero-order valence-corrected chi connectivity index (χ0v) is 17.1. The number of nitrogens with one attached hydrogen (secondary N) is 1. The molecule has 4 rings (SSSR count). The summed E-state index contributed by atoms with van der Waals surface area (Å²) < 4.78 is 43.5. The lowest BCUT2D eigenvalue weighted by Gasteiger charge is -2.09. The molecule has 2 aromatic heterocycles. The number of unbranched alkanes of at least 4 members (excludes halogenated alkanes) is 1. The molecule has 0 aliphatic rings. The minimum atomic E-state index is -3.62. The van der Waals surface area contributed by atoms with Crippen molar-refractivity contribution in [1.82, 2.24) is 23.0 Å². The Balaban J connectivity index is 1.22. The molecule has 0 spiro atoms. The van der Waals surface area contributed by atoms with Crippen molar-refractivity contribution in [1.29, 1.82) is 0 Å². The summed E-state index contributed by atoms with van der Waals surface area (Å²) in [6, 6.07) is 12.7. The number of hydrogen-bond donors (Lipinski definition) is 1. The van der Waals surface area contributed by atoms with Crippen LogP contribution in [0.4, 0.5) is 0 Å². The number of imidazole rings is 1. The molecule has 0 aliphatic heterocycles. The van der Waals surface area contributed by atoms with E-state index in [1.54, 1.807) is 30.7 Å². The Labute approximate surface area is 172 Å². The first-order valence-corrected chi connectivity index (χ1v) is 11.3. The lowest BCUT2D eigenvalue weighted by molar-refractivity contribution is 0.307. The van der Waals surface area contributed by atoms with Crippen molar-refractivity contribution in [3.63, 3.8) is 0 Å². The number of nitrogens with zero attached hydrogens (tertiary/aromatic N) is 4. The highest BCUT2D eigenvalue weighted by molar-refractivity contribution is 7.89. The van der Waals surface area contributed by atoms with Crippen LogP contribution in [0.2, 0.25) is 0 Å². The summed E-state index contributed by atoms with van der Waals surface area (Å²) >= 11 is 1.00. The smallest absolute Gasteiger partial charge is 0.242 e. The average Bonchev–Trinajstić information content (AvgIpc) is 3.42. The van der Waals surface area contributed by atoms with Gasteiger partial charge >= 0.3 is 0 Å². The molecule has 8 nitrogen and oxygen atoms in total. The van der Waals surface area contributed by atoms with Crippen molar-refractivity contribution in [3.8, 4) is 11.4 Å². The molecule has 29 heavy (non-hydrogen) atoms. The van der Waals surface area contributed by atoms with Gasteiger partial charge in [0.25, 0.3) is 0 Å². The van der Waals surface area contributed by atoms with E-state index in [4.69, 9.17) is 4.74 Å². The van der Waals surface area contributed by atoms with Gasteiger partial charge in [0.15, 0.2) is 0 Å². The predicted octanol–water partition coefficient (Wildman–Crippen LogP) is 3.01. The minimum Gasteiger partial charge on any atom is -0.494 e. The molecule has 0 radical (unpaired) electrons. The van der Waals surface area contributed by atoms with Gasteiger partial charge in [0, 0.05) is 24.6 Å².